The first kappa shape index (κ1) is 52.1. The molecule has 0 aliphatic rings. The minimum atomic E-state index is -1.47. The quantitative estimate of drug-likeness (QED) is 0.0203. The van der Waals surface area contributed by atoms with Crippen molar-refractivity contribution in [3.05, 3.63) is 18.4 Å². The van der Waals surface area contributed by atoms with Crippen LogP contribution in [0.5, 0.6) is 0 Å². The fourth-order valence-corrected chi connectivity index (χ4v) is 5.21. The van der Waals surface area contributed by atoms with E-state index in [1.807, 2.05) is 0 Å². The van der Waals surface area contributed by atoms with Gasteiger partial charge in [0.25, 0.3) is 5.91 Å². The molecule has 0 fully saturated rings. The summed E-state index contributed by atoms with van der Waals surface area (Å²) in [7, 11) is 0. The highest BCUT2D eigenvalue weighted by Gasteiger charge is 2.32. The van der Waals surface area contributed by atoms with E-state index in [2.05, 4.69) is 47.2 Å². The van der Waals surface area contributed by atoms with Crippen LogP contribution >= 0.6 is 0 Å². The first-order valence-corrected chi connectivity index (χ1v) is 19.4. The number of hydrogen-bond acceptors (Lipinski definition) is 15. The minimum absolute atomic E-state index is 0.00907. The maximum atomic E-state index is 13.7. The number of aliphatic hydroxyl groups excluding tert-OH is 2. The van der Waals surface area contributed by atoms with Gasteiger partial charge in [0, 0.05) is 13.1 Å². The molecule has 1 heterocycles. The Hall–Kier alpha value is -5.92. The van der Waals surface area contributed by atoms with Crippen LogP contribution in [0.3, 0.4) is 0 Å². The minimum Gasteiger partial charge on any atom is -0.438 e. The van der Waals surface area contributed by atoms with Crippen LogP contribution < -0.4 is 65.9 Å². The number of primary amides is 1. The molecule has 338 valence electrons. The van der Waals surface area contributed by atoms with Gasteiger partial charge in [-0.2, -0.15) is 0 Å². The van der Waals surface area contributed by atoms with E-state index < -0.39 is 102 Å². The normalized spacial score (nSPS) is 14.9. The van der Waals surface area contributed by atoms with Crippen molar-refractivity contribution in [2.75, 3.05) is 26.2 Å². The standard InChI is InChI=1S/C35H62N14O11/c1-18(45-30(55)21(9-4-6-12-36)48-34(59)26(37)20(3)51)28(53)44-19(2)29(54)46-23(11-8-14-43-35(39)40)31(56)47-22(32(57)49-24(16-50)27(38)52)10-5-7-13-42-33(58)25-15-41-17-60-25/h15,17-24,26,50-51H,4-14,16,36-37H2,1-3H3,(H2,38,52)(H,42,58)(H,44,53)(H,45,55)(H,46,54)(H,47,56)(H,48,59)(H,49,57)(H4,39,40,43)/t18-,19-,20+,21-,22-,23-,24-,26-/m0/s1. The number of unbranched alkanes of at least 4 members (excludes halogenated alkanes) is 2. The van der Waals surface area contributed by atoms with E-state index >= 15 is 0 Å². The molecular formula is C35H62N14O11. The molecule has 0 aromatic carbocycles. The lowest BCUT2D eigenvalue weighted by molar-refractivity contribution is -0.135. The number of aliphatic imine (C=N–C) groups is 1. The van der Waals surface area contributed by atoms with Crippen molar-refractivity contribution in [3.63, 3.8) is 0 Å². The average molecular weight is 855 g/mol. The van der Waals surface area contributed by atoms with E-state index in [1.54, 1.807) is 0 Å². The van der Waals surface area contributed by atoms with Gasteiger partial charge < -0.3 is 80.5 Å². The van der Waals surface area contributed by atoms with Crippen molar-refractivity contribution >= 4 is 53.2 Å². The number of guanidine groups is 1. The Morgan fingerprint density at radius 2 is 1.18 bits per heavy atom. The summed E-state index contributed by atoms with van der Waals surface area (Å²) in [6, 6.07) is -9.04. The van der Waals surface area contributed by atoms with Crippen LogP contribution in [0, 0.1) is 0 Å². The molecule has 0 aliphatic carbocycles. The van der Waals surface area contributed by atoms with Gasteiger partial charge in [-0.15, -0.1) is 0 Å². The number of rotatable bonds is 29. The molecule has 60 heavy (non-hydrogen) atoms. The Balaban J connectivity index is 3.09. The van der Waals surface area contributed by atoms with Crippen LogP contribution in [0.25, 0.3) is 0 Å². The van der Waals surface area contributed by atoms with Crippen LogP contribution in [0.4, 0.5) is 0 Å². The molecule has 0 radical (unpaired) electrons. The summed E-state index contributed by atoms with van der Waals surface area (Å²) in [5.41, 5.74) is 27.3. The third-order valence-corrected chi connectivity index (χ3v) is 8.82. The number of aromatic nitrogens is 1. The van der Waals surface area contributed by atoms with Gasteiger partial charge in [-0.3, -0.25) is 43.3 Å². The number of oxazole rings is 1. The van der Waals surface area contributed by atoms with E-state index in [-0.39, 0.29) is 56.9 Å². The van der Waals surface area contributed by atoms with Crippen LogP contribution in [-0.4, -0.2) is 143 Å². The number of nitrogens with one attached hydrogen (secondary N) is 7. The Labute approximate surface area is 346 Å². The summed E-state index contributed by atoms with van der Waals surface area (Å²) in [6.45, 7) is 3.70. The number of nitrogens with zero attached hydrogens (tertiary/aromatic N) is 2. The van der Waals surface area contributed by atoms with Gasteiger partial charge in [-0.25, -0.2) is 4.98 Å². The van der Waals surface area contributed by atoms with Gasteiger partial charge in [-0.05, 0) is 78.7 Å². The fraction of sp³-hybridized carbons (Fsp3) is 0.657. The van der Waals surface area contributed by atoms with E-state index in [0.29, 0.717) is 25.8 Å². The Kier molecular flexibility index (Phi) is 24.1. The average Bonchev–Trinajstić information content (AvgIpc) is 3.74. The summed E-state index contributed by atoms with van der Waals surface area (Å²) in [6.07, 6.45) is 2.94. The van der Waals surface area contributed by atoms with Gasteiger partial charge >= 0.3 is 0 Å². The monoisotopic (exact) mass is 854 g/mol. The summed E-state index contributed by atoms with van der Waals surface area (Å²) < 4.78 is 4.94. The molecule has 1 rings (SSSR count). The number of amides is 8. The molecule has 0 unspecified atom stereocenters. The third kappa shape index (κ3) is 19.7. The molecule has 25 nitrogen and oxygen atoms in total. The second kappa shape index (κ2) is 27.7. The van der Waals surface area contributed by atoms with Crippen LogP contribution in [-0.2, 0) is 33.6 Å². The van der Waals surface area contributed by atoms with Gasteiger partial charge in [-0.1, -0.05) is 0 Å². The molecule has 8 atom stereocenters. The lowest BCUT2D eigenvalue weighted by Gasteiger charge is -2.26. The third-order valence-electron chi connectivity index (χ3n) is 8.82. The molecule has 1 aromatic rings. The summed E-state index contributed by atoms with van der Waals surface area (Å²) in [5.74, 6) is -6.64. The van der Waals surface area contributed by atoms with E-state index in [0.717, 1.165) is 6.39 Å². The zero-order valence-corrected chi connectivity index (χ0v) is 34.1. The summed E-state index contributed by atoms with van der Waals surface area (Å²) in [5, 5.41) is 36.6. The molecular weight excluding hydrogens is 792 g/mol. The maximum Gasteiger partial charge on any atom is 0.288 e. The largest absolute Gasteiger partial charge is 0.438 e. The lowest BCUT2D eigenvalue weighted by Crippen LogP contribution is -2.59. The zero-order chi connectivity index (χ0) is 45.4. The van der Waals surface area contributed by atoms with Gasteiger partial charge in [0.05, 0.1) is 18.9 Å². The zero-order valence-electron chi connectivity index (χ0n) is 34.1. The summed E-state index contributed by atoms with van der Waals surface area (Å²) >= 11 is 0. The van der Waals surface area contributed by atoms with E-state index in [4.69, 9.17) is 33.1 Å². The number of hydrogen-bond donors (Lipinski definition) is 14. The molecule has 0 aliphatic heterocycles. The van der Waals surface area contributed by atoms with Crippen LogP contribution in [0.15, 0.2) is 22.0 Å². The maximum absolute atomic E-state index is 13.7. The van der Waals surface area contributed by atoms with Crippen molar-refractivity contribution in [2.45, 2.75) is 121 Å². The predicted octanol–water partition coefficient (Wildman–Crippen LogP) is -6.11. The smallest absolute Gasteiger partial charge is 0.288 e. The molecule has 25 heteroatoms. The molecule has 19 N–H and O–H groups in total. The van der Waals surface area contributed by atoms with E-state index in [9.17, 15) is 48.6 Å². The lowest BCUT2D eigenvalue weighted by atomic mass is 10.1. The molecule has 0 bridgehead atoms. The number of nitrogens with two attached hydrogens (primary N) is 5. The second-order valence-corrected chi connectivity index (χ2v) is 13.9. The van der Waals surface area contributed by atoms with Gasteiger partial charge in [0.2, 0.25) is 47.1 Å². The topological polar surface area (TPSA) is 430 Å². The van der Waals surface area contributed by atoms with Gasteiger partial charge in [0.15, 0.2) is 12.4 Å². The molecule has 0 saturated carbocycles. The molecule has 8 amide bonds. The van der Waals surface area contributed by atoms with Crippen molar-refractivity contribution in [1.82, 2.24) is 42.2 Å². The van der Waals surface area contributed by atoms with Crippen LogP contribution in [0.1, 0.15) is 82.7 Å². The van der Waals surface area contributed by atoms with Crippen LogP contribution in [0.2, 0.25) is 0 Å². The highest BCUT2D eigenvalue weighted by atomic mass is 16.3. The Morgan fingerprint density at radius 3 is 1.68 bits per heavy atom. The first-order chi connectivity index (χ1) is 28.3. The highest BCUT2D eigenvalue weighted by molar-refractivity contribution is 5.97. The molecule has 1 aromatic heterocycles. The second-order valence-electron chi connectivity index (χ2n) is 13.9. The number of carbonyl (C=O) groups is 8. The number of aliphatic hydroxyl groups is 2. The fourth-order valence-electron chi connectivity index (χ4n) is 5.21. The number of carbonyl (C=O) groups excluding carboxylic acids is 8. The van der Waals surface area contributed by atoms with Crippen molar-refractivity contribution in [2.24, 2.45) is 33.7 Å². The molecule has 0 spiro atoms. The van der Waals surface area contributed by atoms with Gasteiger partial charge in [0.1, 0.15) is 42.3 Å². The van der Waals surface area contributed by atoms with E-state index in [1.165, 1.54) is 27.0 Å². The van der Waals surface area contributed by atoms with Crippen molar-refractivity contribution in [3.8, 4) is 0 Å². The SMILES string of the molecule is C[C@H](NC(=O)[C@H](C)NC(=O)[C@H](CCCCN)NC(=O)[C@@H](N)[C@@H](C)O)C(=O)N[C@@H](CCCN=C(N)N)C(=O)N[C@@H](CCCCNC(=O)c1cnco1)C(=O)N[C@@H](CO)C(N)=O. The first-order valence-electron chi connectivity index (χ1n) is 19.4. The Morgan fingerprint density at radius 1 is 0.700 bits per heavy atom. The Bertz CT molecular complexity index is 1590. The highest BCUT2D eigenvalue weighted by Crippen LogP contribution is 2.07. The molecule has 0 saturated heterocycles. The predicted molar refractivity (Wildman–Crippen MR) is 214 cm³/mol. The van der Waals surface area contributed by atoms with Crippen molar-refractivity contribution in [1.29, 1.82) is 0 Å². The summed E-state index contributed by atoms with van der Waals surface area (Å²) in [4.78, 5) is 111. The van der Waals surface area contributed by atoms with Crippen molar-refractivity contribution < 1.29 is 53.0 Å².